The third-order valence-electron chi connectivity index (χ3n) is 5.12. The first kappa shape index (κ1) is 20.2. The highest BCUT2D eigenvalue weighted by Gasteiger charge is 2.38. The van der Waals surface area contributed by atoms with Crippen molar-refractivity contribution in [3.05, 3.63) is 29.5 Å². The summed E-state index contributed by atoms with van der Waals surface area (Å²) < 4.78 is 5.49. The second-order valence-electron chi connectivity index (χ2n) is 6.61. The minimum absolute atomic E-state index is 0. The molecule has 2 aliphatic rings. The summed E-state index contributed by atoms with van der Waals surface area (Å²) >= 11 is 1.59. The summed E-state index contributed by atoms with van der Waals surface area (Å²) in [7, 11) is 0. The third-order valence-corrected chi connectivity index (χ3v) is 5.98. The summed E-state index contributed by atoms with van der Waals surface area (Å²) in [5.41, 5.74) is 1.16. The maximum Gasteiger partial charge on any atom is 0.236 e. The fourth-order valence-electron chi connectivity index (χ4n) is 3.62. The zero-order valence-corrected chi connectivity index (χ0v) is 16.4. The molecule has 4 heterocycles. The van der Waals surface area contributed by atoms with Crippen LogP contribution in [0.25, 0.3) is 10.8 Å². The number of piperidine rings is 1. The lowest BCUT2D eigenvalue weighted by molar-refractivity contribution is -0.132. The molecular formula is C17H23Cl2N3O2S. The first-order chi connectivity index (χ1) is 11.2. The number of likely N-dealkylation sites (tertiary alicyclic amines) is 1. The Hall–Kier alpha value is -1.08. The first-order valence-electron chi connectivity index (χ1n) is 8.21. The van der Waals surface area contributed by atoms with E-state index in [9.17, 15) is 4.79 Å². The molecule has 0 atom stereocenters. The molecule has 2 saturated heterocycles. The van der Waals surface area contributed by atoms with Gasteiger partial charge in [-0.15, -0.1) is 36.2 Å². The van der Waals surface area contributed by atoms with Crippen molar-refractivity contribution in [2.75, 3.05) is 26.2 Å². The molecule has 4 rings (SSSR count). The minimum Gasteiger partial charge on any atom is -0.444 e. The van der Waals surface area contributed by atoms with Gasteiger partial charge in [-0.05, 0) is 42.7 Å². The van der Waals surface area contributed by atoms with Crippen molar-refractivity contribution in [1.82, 2.24) is 15.2 Å². The van der Waals surface area contributed by atoms with Gasteiger partial charge in [0.15, 0.2) is 0 Å². The van der Waals surface area contributed by atoms with Gasteiger partial charge < -0.3 is 14.6 Å². The van der Waals surface area contributed by atoms with Crippen molar-refractivity contribution in [3.8, 4) is 10.8 Å². The second kappa shape index (κ2) is 8.54. The summed E-state index contributed by atoms with van der Waals surface area (Å²) in [6.45, 7) is 3.98. The van der Waals surface area contributed by atoms with E-state index in [1.165, 1.54) is 6.42 Å². The molecule has 8 heteroatoms. The predicted octanol–water partition coefficient (Wildman–Crippen LogP) is 3.39. The Bertz CT molecular complexity index is 674. The molecule has 0 unspecified atom stereocenters. The number of carbonyl (C=O) groups is 1. The lowest BCUT2D eigenvalue weighted by Crippen LogP contribution is -2.44. The van der Waals surface area contributed by atoms with Crippen LogP contribution in [0.1, 0.15) is 25.0 Å². The maximum absolute atomic E-state index is 12.5. The van der Waals surface area contributed by atoms with E-state index in [1.807, 2.05) is 22.4 Å². The molecule has 0 aliphatic carbocycles. The lowest BCUT2D eigenvalue weighted by Gasteiger charge is -2.38. The molecule has 2 aromatic heterocycles. The summed E-state index contributed by atoms with van der Waals surface area (Å²) in [6.07, 6.45) is 5.43. The van der Waals surface area contributed by atoms with Crippen LogP contribution < -0.4 is 5.32 Å². The summed E-state index contributed by atoms with van der Waals surface area (Å²) in [5.74, 6) is 0.772. The normalized spacial score (nSPS) is 18.6. The van der Waals surface area contributed by atoms with Gasteiger partial charge in [-0.2, -0.15) is 0 Å². The lowest BCUT2D eigenvalue weighted by atomic mass is 9.78. The maximum atomic E-state index is 12.5. The van der Waals surface area contributed by atoms with E-state index in [-0.39, 0.29) is 30.7 Å². The zero-order valence-electron chi connectivity index (χ0n) is 13.9. The van der Waals surface area contributed by atoms with Crippen molar-refractivity contribution in [1.29, 1.82) is 0 Å². The van der Waals surface area contributed by atoms with Crippen molar-refractivity contribution >= 4 is 42.1 Å². The molecule has 138 valence electrons. The average molecular weight is 404 g/mol. The monoisotopic (exact) mass is 403 g/mol. The number of oxazole rings is 1. The fraction of sp³-hybridized carbons (Fsp3) is 0.529. The van der Waals surface area contributed by atoms with Gasteiger partial charge in [-0.1, -0.05) is 6.07 Å². The van der Waals surface area contributed by atoms with Gasteiger partial charge in [0, 0.05) is 19.6 Å². The van der Waals surface area contributed by atoms with Gasteiger partial charge in [0.1, 0.15) is 6.26 Å². The average Bonchev–Trinajstić information content (AvgIpc) is 3.29. The molecular weight excluding hydrogens is 381 g/mol. The Morgan fingerprint density at radius 1 is 1.32 bits per heavy atom. The molecule has 0 saturated carbocycles. The molecule has 0 radical (unpaired) electrons. The van der Waals surface area contributed by atoms with Gasteiger partial charge in [0.05, 0.1) is 17.0 Å². The van der Waals surface area contributed by atoms with Crippen molar-refractivity contribution in [2.24, 2.45) is 5.41 Å². The summed E-state index contributed by atoms with van der Waals surface area (Å²) in [5, 5.41) is 5.45. The number of rotatable bonds is 3. The number of amides is 1. The third kappa shape index (κ3) is 4.37. The Morgan fingerprint density at radius 2 is 2.12 bits per heavy atom. The molecule has 5 nitrogen and oxygen atoms in total. The van der Waals surface area contributed by atoms with E-state index in [4.69, 9.17) is 4.42 Å². The SMILES string of the molecule is Cl.Cl.O=C(Cc1coc(-c2cccs2)n1)N1CCC2(CCNC2)CC1. The van der Waals surface area contributed by atoms with E-state index in [0.717, 1.165) is 49.6 Å². The number of nitrogens with zero attached hydrogens (tertiary/aromatic N) is 2. The number of carbonyl (C=O) groups excluding carboxylic acids is 1. The molecule has 0 aromatic carbocycles. The number of hydrogen-bond acceptors (Lipinski definition) is 5. The zero-order chi connectivity index (χ0) is 15.7. The van der Waals surface area contributed by atoms with Crippen molar-refractivity contribution in [3.63, 3.8) is 0 Å². The van der Waals surface area contributed by atoms with Crippen LogP contribution in [0.3, 0.4) is 0 Å². The van der Waals surface area contributed by atoms with Crippen molar-refractivity contribution in [2.45, 2.75) is 25.7 Å². The number of aromatic nitrogens is 1. The number of halogens is 2. The van der Waals surface area contributed by atoms with Gasteiger partial charge in [0.2, 0.25) is 11.8 Å². The molecule has 1 spiro atoms. The van der Waals surface area contributed by atoms with Crippen molar-refractivity contribution < 1.29 is 9.21 Å². The number of nitrogens with one attached hydrogen (secondary N) is 1. The van der Waals surface area contributed by atoms with Crippen LogP contribution in [0, 0.1) is 5.41 Å². The highest BCUT2D eigenvalue weighted by atomic mass is 35.5. The first-order valence-corrected chi connectivity index (χ1v) is 9.09. The summed E-state index contributed by atoms with van der Waals surface area (Å²) in [6, 6.07) is 3.94. The molecule has 1 N–H and O–H groups in total. The summed E-state index contributed by atoms with van der Waals surface area (Å²) in [4.78, 5) is 19.9. The Labute approximate surface area is 164 Å². The van der Waals surface area contributed by atoms with Crippen LogP contribution in [-0.4, -0.2) is 42.0 Å². The van der Waals surface area contributed by atoms with Crippen LogP contribution in [0.2, 0.25) is 0 Å². The van der Waals surface area contributed by atoms with Gasteiger partial charge in [0.25, 0.3) is 0 Å². The quantitative estimate of drug-likeness (QED) is 0.852. The van der Waals surface area contributed by atoms with Crippen LogP contribution in [-0.2, 0) is 11.2 Å². The van der Waals surface area contributed by atoms with E-state index < -0.39 is 0 Å². The van der Waals surface area contributed by atoms with E-state index in [0.29, 0.717) is 17.7 Å². The van der Waals surface area contributed by atoms with E-state index in [1.54, 1.807) is 17.6 Å². The second-order valence-corrected chi connectivity index (χ2v) is 7.55. The van der Waals surface area contributed by atoms with E-state index in [2.05, 4.69) is 10.3 Å². The van der Waals surface area contributed by atoms with Crippen LogP contribution >= 0.6 is 36.2 Å². The van der Waals surface area contributed by atoms with Crippen LogP contribution in [0.5, 0.6) is 0 Å². The molecule has 2 aliphatic heterocycles. The van der Waals surface area contributed by atoms with Crippen LogP contribution in [0.15, 0.2) is 28.2 Å². The molecule has 0 bridgehead atoms. The smallest absolute Gasteiger partial charge is 0.236 e. The molecule has 25 heavy (non-hydrogen) atoms. The molecule has 2 aromatic rings. The van der Waals surface area contributed by atoms with E-state index >= 15 is 0 Å². The Balaban J connectivity index is 0.00000113. The molecule has 1 amide bonds. The number of thiophene rings is 1. The van der Waals surface area contributed by atoms with Gasteiger partial charge >= 0.3 is 0 Å². The highest BCUT2D eigenvalue weighted by Crippen LogP contribution is 2.37. The highest BCUT2D eigenvalue weighted by molar-refractivity contribution is 7.13. The Morgan fingerprint density at radius 3 is 2.76 bits per heavy atom. The standard InChI is InChI=1S/C17H21N3O2S.2ClH/c21-15(20-7-4-17(5-8-20)3-6-18-12-17)10-13-11-22-16(19-13)14-2-1-9-23-14;;/h1-2,9,11,18H,3-8,10,12H2;2*1H. The largest absolute Gasteiger partial charge is 0.444 e. The van der Waals surface area contributed by atoms with Gasteiger partial charge in [-0.3, -0.25) is 4.79 Å². The Kier molecular flexibility index (Phi) is 6.91. The van der Waals surface area contributed by atoms with Gasteiger partial charge in [-0.25, -0.2) is 4.98 Å². The fourth-order valence-corrected chi connectivity index (χ4v) is 4.28. The van der Waals surface area contributed by atoms with Crippen LogP contribution in [0.4, 0.5) is 0 Å². The molecule has 2 fully saturated rings. The predicted molar refractivity (Wildman–Crippen MR) is 104 cm³/mol. The number of hydrogen-bond donors (Lipinski definition) is 1. The minimum atomic E-state index is 0. The topological polar surface area (TPSA) is 58.4 Å².